The van der Waals surface area contributed by atoms with E-state index in [-0.39, 0.29) is 11.9 Å². The fraction of sp³-hybridized carbons (Fsp3) is 0.185. The molecule has 0 aliphatic carbocycles. The molecule has 2 saturated heterocycles. The van der Waals surface area contributed by atoms with Crippen LogP contribution in [0.2, 0.25) is 0 Å². The molecule has 7 heteroatoms. The summed E-state index contributed by atoms with van der Waals surface area (Å²) in [6.07, 6.45) is 1.87. The number of hydrogen-bond acceptors (Lipinski definition) is 5. The Morgan fingerprint density at radius 1 is 0.941 bits per heavy atom. The number of piperazine rings is 1. The summed E-state index contributed by atoms with van der Waals surface area (Å²) >= 11 is 0. The van der Waals surface area contributed by atoms with Crippen molar-refractivity contribution in [2.75, 3.05) is 18.4 Å². The highest BCUT2D eigenvalue weighted by Crippen LogP contribution is 2.45. The number of esters is 1. The van der Waals surface area contributed by atoms with E-state index >= 15 is 0 Å². The van der Waals surface area contributed by atoms with Crippen molar-refractivity contribution in [3.8, 4) is 0 Å². The Morgan fingerprint density at radius 3 is 2.35 bits per heavy atom. The van der Waals surface area contributed by atoms with Crippen LogP contribution in [0, 0.1) is 0 Å². The number of nitrogens with one attached hydrogen (secondary N) is 3. The van der Waals surface area contributed by atoms with Gasteiger partial charge in [0.25, 0.3) is 0 Å². The van der Waals surface area contributed by atoms with Crippen molar-refractivity contribution in [1.82, 2.24) is 15.2 Å². The van der Waals surface area contributed by atoms with Crippen LogP contribution in [0.25, 0.3) is 10.9 Å². The zero-order chi connectivity index (χ0) is 23.1. The third kappa shape index (κ3) is 3.21. The smallest absolute Gasteiger partial charge is 0.327 e. The number of anilines is 1. The molecule has 1 aromatic heterocycles. The van der Waals surface area contributed by atoms with E-state index in [0.29, 0.717) is 18.8 Å². The van der Waals surface area contributed by atoms with E-state index in [1.54, 1.807) is 0 Å². The van der Waals surface area contributed by atoms with Gasteiger partial charge in [0.05, 0.1) is 0 Å². The molecule has 0 saturated carbocycles. The number of H-pyrrole nitrogens is 1. The molecule has 3 heterocycles. The Labute approximate surface area is 196 Å². The topological polar surface area (TPSA) is 86.5 Å². The summed E-state index contributed by atoms with van der Waals surface area (Å²) < 4.78 is 6.21. The van der Waals surface area contributed by atoms with Crippen LogP contribution < -0.4 is 10.6 Å². The van der Waals surface area contributed by atoms with Crippen LogP contribution in [-0.4, -0.2) is 46.9 Å². The molecule has 3 N–H and O–H groups in total. The summed E-state index contributed by atoms with van der Waals surface area (Å²) in [6.45, 7) is 0.812. The molecule has 2 aliphatic rings. The number of carbonyl (C=O) groups is 2. The van der Waals surface area contributed by atoms with E-state index in [0.717, 1.165) is 22.0 Å². The molecule has 2 fully saturated rings. The molecule has 170 valence electrons. The highest BCUT2D eigenvalue weighted by atomic mass is 16.6. The van der Waals surface area contributed by atoms with Gasteiger partial charge in [-0.05, 0) is 24.3 Å². The number of hydrogen-bond donors (Lipinski definition) is 3. The Balaban J connectivity index is 1.43. The third-order valence-corrected chi connectivity index (χ3v) is 6.68. The quantitative estimate of drug-likeness (QED) is 0.414. The molecule has 1 amide bonds. The first-order chi connectivity index (χ1) is 16.7. The van der Waals surface area contributed by atoms with Gasteiger partial charge in [-0.3, -0.25) is 9.59 Å². The van der Waals surface area contributed by atoms with Crippen molar-refractivity contribution in [1.29, 1.82) is 0 Å². The number of ether oxygens (including phenoxy) is 1. The van der Waals surface area contributed by atoms with E-state index in [2.05, 4.69) is 15.6 Å². The zero-order valence-electron chi connectivity index (χ0n) is 18.4. The number of fused-ring (bicyclic) bond motifs is 2. The van der Waals surface area contributed by atoms with E-state index in [4.69, 9.17) is 4.74 Å². The molecule has 0 spiro atoms. The van der Waals surface area contributed by atoms with Gasteiger partial charge in [0.15, 0.2) is 0 Å². The summed E-state index contributed by atoms with van der Waals surface area (Å²) in [5.41, 5.74) is 2.13. The van der Waals surface area contributed by atoms with Gasteiger partial charge in [-0.1, -0.05) is 60.7 Å². The lowest BCUT2D eigenvalue weighted by Crippen LogP contribution is -2.65. The van der Waals surface area contributed by atoms with Gasteiger partial charge < -0.3 is 20.4 Å². The number of aromatic amines is 1. The molecule has 2 unspecified atom stereocenters. The highest BCUT2D eigenvalue weighted by Gasteiger charge is 2.60. The number of aromatic nitrogens is 1. The second-order valence-corrected chi connectivity index (χ2v) is 8.66. The summed E-state index contributed by atoms with van der Waals surface area (Å²) in [7, 11) is 0. The highest BCUT2D eigenvalue weighted by molar-refractivity contribution is 5.98. The van der Waals surface area contributed by atoms with Crippen LogP contribution in [0.1, 0.15) is 11.1 Å². The van der Waals surface area contributed by atoms with E-state index in [9.17, 15) is 9.59 Å². The van der Waals surface area contributed by atoms with Gasteiger partial charge in [0.1, 0.15) is 12.1 Å². The predicted octanol–water partition coefficient (Wildman–Crippen LogP) is 3.21. The molecule has 7 nitrogen and oxygen atoms in total. The number of benzene rings is 3. The van der Waals surface area contributed by atoms with Crippen molar-refractivity contribution in [3.63, 3.8) is 0 Å². The van der Waals surface area contributed by atoms with Crippen molar-refractivity contribution >= 4 is 28.5 Å². The number of cyclic esters (lactones) is 1. The first-order valence-corrected chi connectivity index (χ1v) is 11.4. The van der Waals surface area contributed by atoms with E-state index in [1.165, 1.54) is 0 Å². The maximum atomic E-state index is 13.7. The summed E-state index contributed by atoms with van der Waals surface area (Å²) in [4.78, 5) is 32.0. The molecule has 6 rings (SSSR count). The Morgan fingerprint density at radius 2 is 1.65 bits per heavy atom. The lowest BCUT2D eigenvalue weighted by molar-refractivity contribution is -0.152. The largest absolute Gasteiger partial charge is 0.434 e. The second kappa shape index (κ2) is 8.13. The van der Waals surface area contributed by atoms with Crippen LogP contribution in [0.5, 0.6) is 0 Å². The van der Waals surface area contributed by atoms with Crippen LogP contribution >= 0.6 is 0 Å². The van der Waals surface area contributed by atoms with Gasteiger partial charge >= 0.3 is 5.97 Å². The molecule has 3 aromatic carbocycles. The first kappa shape index (κ1) is 20.7. The van der Waals surface area contributed by atoms with Crippen molar-refractivity contribution in [3.05, 3.63) is 102 Å². The average molecular weight is 453 g/mol. The normalized spacial score (nSPS) is 21.7. The number of carbonyl (C=O) groups excluding carboxylic acids is 2. The van der Waals surface area contributed by atoms with Gasteiger partial charge in [-0.2, -0.15) is 0 Å². The fourth-order valence-corrected chi connectivity index (χ4v) is 5.16. The van der Waals surface area contributed by atoms with Crippen LogP contribution in [0.15, 0.2) is 91.1 Å². The molecule has 0 bridgehead atoms. The molecule has 4 aromatic rings. The predicted molar refractivity (Wildman–Crippen MR) is 129 cm³/mol. The molecule has 2 atom stereocenters. The average Bonchev–Trinajstić information content (AvgIpc) is 3.47. The fourth-order valence-electron chi connectivity index (χ4n) is 5.16. The number of nitrogens with zero attached hydrogens (tertiary/aromatic N) is 1. The summed E-state index contributed by atoms with van der Waals surface area (Å²) in [5, 5.41) is 7.34. The maximum absolute atomic E-state index is 13.7. The third-order valence-electron chi connectivity index (χ3n) is 6.68. The lowest BCUT2D eigenvalue weighted by Gasteiger charge is -2.44. The molecular weight excluding hydrogens is 428 g/mol. The van der Waals surface area contributed by atoms with Gasteiger partial charge in [-0.15, -0.1) is 0 Å². The number of rotatable bonds is 4. The Bertz CT molecular complexity index is 1310. The second-order valence-electron chi connectivity index (χ2n) is 8.66. The minimum atomic E-state index is -1.20. The van der Waals surface area contributed by atoms with Crippen molar-refractivity contribution in [2.45, 2.75) is 17.8 Å². The monoisotopic (exact) mass is 452 g/mol. The molecule has 0 radical (unpaired) electrons. The standard InChI is InChI=1S/C27H24N4O3/c32-25(30-21-11-12-22-18(15-21)13-14-29-22)23-16-28-17-24-26(33)34-27(31(23)24,19-7-3-1-4-8-19)20-9-5-2-6-10-20/h1-15,23-24,28-29H,16-17H2,(H,30,32). The van der Waals surface area contributed by atoms with Crippen molar-refractivity contribution in [2.24, 2.45) is 0 Å². The van der Waals surface area contributed by atoms with Gasteiger partial charge in [-0.25, -0.2) is 4.90 Å². The summed E-state index contributed by atoms with van der Waals surface area (Å²) in [6, 6.07) is 25.8. The van der Waals surface area contributed by atoms with Crippen LogP contribution in [0.3, 0.4) is 0 Å². The zero-order valence-corrected chi connectivity index (χ0v) is 18.4. The molecular formula is C27H24N4O3. The lowest BCUT2D eigenvalue weighted by atomic mass is 9.90. The maximum Gasteiger partial charge on any atom is 0.327 e. The Kier molecular flexibility index (Phi) is 4.94. The van der Waals surface area contributed by atoms with E-state index < -0.39 is 17.8 Å². The van der Waals surface area contributed by atoms with Crippen LogP contribution in [-0.2, 0) is 20.1 Å². The SMILES string of the molecule is O=C(Nc1ccc2[nH]ccc2c1)C1CNCC2C(=O)OC(c3ccccc3)(c3ccccc3)N12. The van der Waals surface area contributed by atoms with Gasteiger partial charge in [0, 0.05) is 47.0 Å². The Hall–Kier alpha value is -3.94. The minimum absolute atomic E-state index is 0.193. The van der Waals surface area contributed by atoms with Crippen LogP contribution in [0.4, 0.5) is 5.69 Å². The van der Waals surface area contributed by atoms with Gasteiger partial charge in [0.2, 0.25) is 11.6 Å². The molecule has 2 aliphatic heterocycles. The minimum Gasteiger partial charge on any atom is -0.434 e. The molecule has 34 heavy (non-hydrogen) atoms. The van der Waals surface area contributed by atoms with Crippen molar-refractivity contribution < 1.29 is 14.3 Å². The summed E-state index contributed by atoms with van der Waals surface area (Å²) in [5.74, 6) is -0.534. The van der Waals surface area contributed by atoms with E-state index in [1.807, 2.05) is 96.0 Å². The number of amides is 1. The first-order valence-electron chi connectivity index (χ1n) is 11.4.